The van der Waals surface area contributed by atoms with Crippen molar-refractivity contribution < 1.29 is 14.7 Å². The first-order valence-corrected chi connectivity index (χ1v) is 7.35. The lowest BCUT2D eigenvalue weighted by Crippen LogP contribution is -2.46. The number of nitrogens with one attached hydrogen (secondary N) is 3. The van der Waals surface area contributed by atoms with Crippen LogP contribution in [0.5, 0.6) is 0 Å². The summed E-state index contributed by atoms with van der Waals surface area (Å²) in [5, 5.41) is 21.4. The average Bonchev–Trinajstić information content (AvgIpc) is 2.87. The lowest BCUT2D eigenvalue weighted by Gasteiger charge is -2.28. The second-order valence-electron chi connectivity index (χ2n) is 5.64. The molecule has 0 aliphatic heterocycles. The molecule has 1 saturated carbocycles. The summed E-state index contributed by atoms with van der Waals surface area (Å²) in [5.74, 6) is -0.806. The Labute approximate surface area is 123 Å². The summed E-state index contributed by atoms with van der Waals surface area (Å²) in [6.07, 6.45) is 8.54. The van der Waals surface area contributed by atoms with E-state index in [1.807, 2.05) is 0 Å². The monoisotopic (exact) mass is 294 g/mol. The summed E-state index contributed by atoms with van der Waals surface area (Å²) in [7, 11) is 0. The van der Waals surface area contributed by atoms with Gasteiger partial charge < -0.3 is 15.7 Å². The Hall–Kier alpha value is -2.05. The average molecular weight is 294 g/mol. The topological polar surface area (TPSA) is 107 Å². The molecule has 0 radical (unpaired) electrons. The maximum Gasteiger partial charge on any atom is 0.315 e. The minimum atomic E-state index is -0.816. The van der Waals surface area contributed by atoms with E-state index in [1.54, 1.807) is 12.4 Å². The van der Waals surface area contributed by atoms with Gasteiger partial charge in [-0.05, 0) is 12.8 Å². The standard InChI is InChI=1S/C14H22N4O3/c19-12(20)14(5-3-1-2-4-6-14)10-16-13(21)15-7-11-8-17-18-9-11/h8-9H,1-7,10H2,(H,17,18)(H,19,20)(H2,15,16,21). The molecule has 116 valence electrons. The summed E-state index contributed by atoms with van der Waals surface area (Å²) in [6, 6.07) is -0.346. The molecule has 1 aromatic rings. The minimum absolute atomic E-state index is 0.180. The SMILES string of the molecule is O=C(NCc1cn[nH]c1)NCC1(C(=O)O)CCCCCC1. The molecule has 0 saturated heterocycles. The van der Waals surface area contributed by atoms with Gasteiger partial charge >= 0.3 is 12.0 Å². The zero-order valence-electron chi connectivity index (χ0n) is 12.0. The number of H-pyrrole nitrogens is 1. The summed E-state index contributed by atoms with van der Waals surface area (Å²) < 4.78 is 0. The van der Waals surface area contributed by atoms with Gasteiger partial charge in [0.25, 0.3) is 0 Å². The van der Waals surface area contributed by atoms with E-state index in [2.05, 4.69) is 20.8 Å². The van der Waals surface area contributed by atoms with Crippen LogP contribution in [0.2, 0.25) is 0 Å². The number of aliphatic carboxylic acids is 1. The molecule has 0 unspecified atom stereocenters. The number of urea groups is 1. The predicted molar refractivity (Wildman–Crippen MR) is 76.6 cm³/mol. The Kier molecular flexibility index (Phi) is 5.19. The molecular weight excluding hydrogens is 272 g/mol. The highest BCUT2D eigenvalue weighted by atomic mass is 16.4. The van der Waals surface area contributed by atoms with Crippen LogP contribution in [0, 0.1) is 5.41 Å². The van der Waals surface area contributed by atoms with Gasteiger partial charge in [0.15, 0.2) is 0 Å². The number of hydrogen-bond donors (Lipinski definition) is 4. The number of amides is 2. The van der Waals surface area contributed by atoms with Gasteiger partial charge in [-0.3, -0.25) is 9.89 Å². The van der Waals surface area contributed by atoms with Crippen molar-refractivity contribution in [3.63, 3.8) is 0 Å². The van der Waals surface area contributed by atoms with Gasteiger partial charge in [0.2, 0.25) is 0 Å². The molecule has 4 N–H and O–H groups in total. The summed E-state index contributed by atoms with van der Waals surface area (Å²) in [4.78, 5) is 23.4. The number of carbonyl (C=O) groups is 2. The van der Waals surface area contributed by atoms with Gasteiger partial charge in [0, 0.05) is 24.8 Å². The van der Waals surface area contributed by atoms with Crippen molar-refractivity contribution in [3.05, 3.63) is 18.0 Å². The molecule has 7 heteroatoms. The van der Waals surface area contributed by atoms with Crippen LogP contribution in [-0.4, -0.2) is 33.8 Å². The zero-order chi connectivity index (χ0) is 15.1. The van der Waals surface area contributed by atoms with Crippen LogP contribution in [0.15, 0.2) is 12.4 Å². The van der Waals surface area contributed by atoms with Crippen LogP contribution in [0.1, 0.15) is 44.1 Å². The molecule has 21 heavy (non-hydrogen) atoms. The van der Waals surface area contributed by atoms with Gasteiger partial charge in [-0.15, -0.1) is 0 Å². The van der Waals surface area contributed by atoms with Crippen LogP contribution in [0.25, 0.3) is 0 Å². The molecule has 0 spiro atoms. The lowest BCUT2D eigenvalue weighted by molar-refractivity contribution is -0.149. The second-order valence-corrected chi connectivity index (χ2v) is 5.64. The van der Waals surface area contributed by atoms with Crippen LogP contribution in [0.4, 0.5) is 4.79 Å². The first kappa shape index (κ1) is 15.3. The van der Waals surface area contributed by atoms with E-state index in [9.17, 15) is 14.7 Å². The Balaban J connectivity index is 1.83. The fraction of sp³-hybridized carbons (Fsp3) is 0.643. The number of carbonyl (C=O) groups excluding carboxylic acids is 1. The quantitative estimate of drug-likeness (QED) is 0.619. The largest absolute Gasteiger partial charge is 0.481 e. The summed E-state index contributed by atoms with van der Waals surface area (Å²) >= 11 is 0. The molecule has 0 atom stereocenters. The summed E-state index contributed by atoms with van der Waals surface area (Å²) in [5.41, 5.74) is 0.0521. The van der Waals surface area contributed by atoms with E-state index >= 15 is 0 Å². The Morgan fingerprint density at radius 2 is 1.95 bits per heavy atom. The number of aromatic amines is 1. The molecule has 1 aromatic heterocycles. The highest BCUT2D eigenvalue weighted by Crippen LogP contribution is 2.34. The molecular formula is C14H22N4O3. The molecule has 0 aromatic carbocycles. The van der Waals surface area contributed by atoms with Crippen molar-refractivity contribution in [2.75, 3.05) is 6.54 Å². The van der Waals surface area contributed by atoms with Gasteiger partial charge in [-0.1, -0.05) is 25.7 Å². The van der Waals surface area contributed by atoms with Crippen LogP contribution in [-0.2, 0) is 11.3 Å². The Bertz CT molecular complexity index is 465. The Morgan fingerprint density at radius 1 is 1.24 bits per heavy atom. The zero-order valence-corrected chi connectivity index (χ0v) is 12.0. The van der Waals surface area contributed by atoms with Crippen LogP contribution < -0.4 is 10.6 Å². The normalized spacial score (nSPS) is 17.7. The molecule has 0 bridgehead atoms. The van der Waals surface area contributed by atoms with Crippen molar-refractivity contribution in [2.45, 2.75) is 45.1 Å². The van der Waals surface area contributed by atoms with E-state index in [0.29, 0.717) is 19.4 Å². The molecule has 7 nitrogen and oxygen atoms in total. The number of carboxylic acids is 1. The third kappa shape index (κ3) is 4.21. The highest BCUT2D eigenvalue weighted by Gasteiger charge is 2.38. The molecule has 1 aliphatic carbocycles. The minimum Gasteiger partial charge on any atom is -0.481 e. The maximum absolute atomic E-state index is 11.8. The van der Waals surface area contributed by atoms with E-state index in [-0.39, 0.29) is 12.6 Å². The third-order valence-electron chi connectivity index (χ3n) is 4.11. The number of nitrogens with zero attached hydrogens (tertiary/aromatic N) is 1. The lowest BCUT2D eigenvalue weighted by atomic mass is 9.80. The van der Waals surface area contributed by atoms with Gasteiger partial charge in [0.05, 0.1) is 11.6 Å². The third-order valence-corrected chi connectivity index (χ3v) is 4.11. The van der Waals surface area contributed by atoms with Crippen molar-refractivity contribution in [1.82, 2.24) is 20.8 Å². The maximum atomic E-state index is 11.8. The summed E-state index contributed by atoms with van der Waals surface area (Å²) in [6.45, 7) is 0.544. The van der Waals surface area contributed by atoms with E-state index in [4.69, 9.17) is 0 Å². The Morgan fingerprint density at radius 3 is 2.52 bits per heavy atom. The number of aromatic nitrogens is 2. The van der Waals surface area contributed by atoms with Crippen molar-refractivity contribution in [1.29, 1.82) is 0 Å². The number of rotatable bonds is 5. The molecule has 1 heterocycles. The smallest absolute Gasteiger partial charge is 0.315 e. The van der Waals surface area contributed by atoms with Crippen molar-refractivity contribution >= 4 is 12.0 Å². The van der Waals surface area contributed by atoms with E-state index in [0.717, 1.165) is 31.2 Å². The number of hydrogen-bond acceptors (Lipinski definition) is 3. The predicted octanol–water partition coefficient (Wildman–Crippen LogP) is 1.63. The van der Waals surface area contributed by atoms with Gasteiger partial charge in [0.1, 0.15) is 0 Å². The first-order valence-electron chi connectivity index (χ1n) is 7.35. The van der Waals surface area contributed by atoms with Gasteiger partial charge in [-0.2, -0.15) is 5.10 Å². The second kappa shape index (κ2) is 7.10. The van der Waals surface area contributed by atoms with Crippen LogP contribution in [0.3, 0.4) is 0 Å². The molecule has 2 rings (SSSR count). The van der Waals surface area contributed by atoms with E-state index < -0.39 is 11.4 Å². The fourth-order valence-corrected chi connectivity index (χ4v) is 2.74. The van der Waals surface area contributed by atoms with Crippen molar-refractivity contribution in [2.24, 2.45) is 5.41 Å². The number of carboxylic acid groups (broad SMARTS) is 1. The highest BCUT2D eigenvalue weighted by molar-refractivity contribution is 5.78. The van der Waals surface area contributed by atoms with Crippen molar-refractivity contribution in [3.8, 4) is 0 Å². The fourth-order valence-electron chi connectivity index (χ4n) is 2.74. The molecule has 1 fully saturated rings. The van der Waals surface area contributed by atoms with Crippen LogP contribution >= 0.6 is 0 Å². The first-order chi connectivity index (χ1) is 10.1. The van der Waals surface area contributed by atoms with E-state index in [1.165, 1.54) is 0 Å². The molecule has 2 amide bonds. The van der Waals surface area contributed by atoms with Gasteiger partial charge in [-0.25, -0.2) is 4.79 Å². The molecule has 1 aliphatic rings.